The summed E-state index contributed by atoms with van der Waals surface area (Å²) in [6.45, 7) is 4.54. The van der Waals surface area contributed by atoms with Crippen LogP contribution in [0.15, 0.2) is 24.3 Å². The van der Waals surface area contributed by atoms with Crippen LogP contribution < -0.4 is 5.32 Å². The maximum absolute atomic E-state index is 12.9. The molecular formula is C18H23N3O3. The Bertz CT molecular complexity index is 659. The summed E-state index contributed by atoms with van der Waals surface area (Å²) in [6.07, 6.45) is 1.79. The molecule has 1 unspecified atom stereocenters. The van der Waals surface area contributed by atoms with Gasteiger partial charge in [0.15, 0.2) is 5.78 Å². The van der Waals surface area contributed by atoms with Gasteiger partial charge in [0, 0.05) is 37.8 Å². The van der Waals surface area contributed by atoms with Gasteiger partial charge in [0.05, 0.1) is 12.1 Å². The van der Waals surface area contributed by atoms with E-state index in [0.717, 1.165) is 19.4 Å². The van der Waals surface area contributed by atoms with Crippen LogP contribution in [-0.2, 0) is 4.79 Å². The third-order valence-electron chi connectivity index (χ3n) is 4.79. The van der Waals surface area contributed by atoms with Crippen LogP contribution in [0.2, 0.25) is 0 Å². The van der Waals surface area contributed by atoms with Gasteiger partial charge in [0.25, 0.3) is 5.91 Å². The molecule has 6 heteroatoms. The van der Waals surface area contributed by atoms with Gasteiger partial charge in [-0.2, -0.15) is 0 Å². The summed E-state index contributed by atoms with van der Waals surface area (Å²) >= 11 is 0. The molecule has 2 heterocycles. The van der Waals surface area contributed by atoms with Gasteiger partial charge in [-0.15, -0.1) is 0 Å². The summed E-state index contributed by atoms with van der Waals surface area (Å²) in [4.78, 5) is 40.4. The van der Waals surface area contributed by atoms with Crippen LogP contribution in [0, 0.1) is 0 Å². The van der Waals surface area contributed by atoms with E-state index in [0.29, 0.717) is 37.3 Å². The minimum atomic E-state index is -0.118. The lowest BCUT2D eigenvalue weighted by Gasteiger charge is -2.41. The Balaban J connectivity index is 1.76. The average Bonchev–Trinajstić information content (AvgIpc) is 2.61. The van der Waals surface area contributed by atoms with E-state index in [1.54, 1.807) is 29.2 Å². The molecule has 1 N–H and O–H groups in total. The summed E-state index contributed by atoms with van der Waals surface area (Å²) in [5, 5.41) is 3.07. The molecule has 2 aliphatic rings. The standard InChI is InChI=1S/C18H23N3O3/c1-13(22)15-6-2-3-7-16(15)18(24)20-9-4-5-14(12-20)21-10-8-19-11-17(21)23/h2-3,6-7,14,19H,4-5,8-12H2,1H3. The number of piperazine rings is 1. The molecule has 2 saturated heterocycles. The van der Waals surface area contributed by atoms with Gasteiger partial charge in [-0.3, -0.25) is 14.4 Å². The fourth-order valence-corrected chi connectivity index (χ4v) is 3.55. The third-order valence-corrected chi connectivity index (χ3v) is 4.79. The molecule has 2 amide bonds. The van der Waals surface area contributed by atoms with E-state index in [-0.39, 0.29) is 23.6 Å². The highest BCUT2D eigenvalue weighted by Gasteiger charge is 2.32. The summed E-state index contributed by atoms with van der Waals surface area (Å²) in [6, 6.07) is 7.02. The number of likely N-dealkylation sites (tertiary alicyclic amines) is 1. The van der Waals surface area contributed by atoms with Crippen molar-refractivity contribution in [1.29, 1.82) is 0 Å². The van der Waals surface area contributed by atoms with E-state index in [9.17, 15) is 14.4 Å². The van der Waals surface area contributed by atoms with Gasteiger partial charge >= 0.3 is 0 Å². The lowest BCUT2D eigenvalue weighted by atomic mass is 9.99. The number of piperidine rings is 1. The number of amides is 2. The second-order valence-corrected chi connectivity index (χ2v) is 6.41. The first-order chi connectivity index (χ1) is 11.6. The van der Waals surface area contributed by atoms with E-state index >= 15 is 0 Å². The number of rotatable bonds is 3. The molecule has 24 heavy (non-hydrogen) atoms. The highest BCUT2D eigenvalue weighted by Crippen LogP contribution is 2.20. The molecule has 2 fully saturated rings. The Kier molecular flexibility index (Phi) is 4.94. The summed E-state index contributed by atoms with van der Waals surface area (Å²) in [7, 11) is 0. The molecule has 3 rings (SSSR count). The largest absolute Gasteiger partial charge is 0.337 e. The van der Waals surface area contributed by atoms with Crippen molar-refractivity contribution in [3.8, 4) is 0 Å². The molecular weight excluding hydrogens is 306 g/mol. The van der Waals surface area contributed by atoms with Crippen LogP contribution in [0.1, 0.15) is 40.5 Å². The van der Waals surface area contributed by atoms with Gasteiger partial charge in [0.2, 0.25) is 5.91 Å². The van der Waals surface area contributed by atoms with Gasteiger partial charge in [-0.25, -0.2) is 0 Å². The van der Waals surface area contributed by atoms with Crippen molar-refractivity contribution in [3.63, 3.8) is 0 Å². The predicted octanol–water partition coefficient (Wildman–Crippen LogP) is 0.926. The van der Waals surface area contributed by atoms with Crippen molar-refractivity contribution in [3.05, 3.63) is 35.4 Å². The quantitative estimate of drug-likeness (QED) is 0.838. The molecule has 2 aliphatic heterocycles. The zero-order chi connectivity index (χ0) is 17.1. The zero-order valence-electron chi connectivity index (χ0n) is 14.0. The highest BCUT2D eigenvalue weighted by molar-refractivity contribution is 6.07. The first kappa shape index (κ1) is 16.6. The van der Waals surface area contributed by atoms with Crippen LogP contribution in [-0.4, -0.2) is 66.2 Å². The lowest BCUT2D eigenvalue weighted by molar-refractivity contribution is -0.135. The first-order valence-corrected chi connectivity index (χ1v) is 8.47. The van der Waals surface area contributed by atoms with E-state index in [2.05, 4.69) is 5.32 Å². The highest BCUT2D eigenvalue weighted by atomic mass is 16.2. The molecule has 128 valence electrons. The Morgan fingerprint density at radius 3 is 2.62 bits per heavy atom. The maximum atomic E-state index is 12.9. The maximum Gasteiger partial charge on any atom is 0.254 e. The van der Waals surface area contributed by atoms with E-state index in [1.807, 2.05) is 4.90 Å². The number of hydrogen-bond donors (Lipinski definition) is 1. The predicted molar refractivity (Wildman–Crippen MR) is 90.0 cm³/mol. The minimum absolute atomic E-state index is 0.0711. The van der Waals surface area contributed by atoms with Crippen molar-refractivity contribution >= 4 is 17.6 Å². The topological polar surface area (TPSA) is 69.7 Å². The first-order valence-electron chi connectivity index (χ1n) is 8.47. The summed E-state index contributed by atoms with van der Waals surface area (Å²) in [5.41, 5.74) is 0.917. The number of hydrogen-bond acceptors (Lipinski definition) is 4. The molecule has 0 bridgehead atoms. The number of Topliss-reactive ketones (excluding diaryl/α,β-unsaturated/α-hetero) is 1. The molecule has 0 radical (unpaired) electrons. The fourth-order valence-electron chi connectivity index (χ4n) is 3.55. The second-order valence-electron chi connectivity index (χ2n) is 6.41. The normalized spacial score (nSPS) is 21.7. The van der Waals surface area contributed by atoms with Crippen LogP contribution >= 0.6 is 0 Å². The Hall–Kier alpha value is -2.21. The Morgan fingerprint density at radius 1 is 1.17 bits per heavy atom. The SMILES string of the molecule is CC(=O)c1ccccc1C(=O)N1CCCC(N2CCNCC2=O)C1. The molecule has 1 atom stereocenters. The third kappa shape index (κ3) is 3.33. The van der Waals surface area contributed by atoms with Crippen LogP contribution in [0.25, 0.3) is 0 Å². The van der Waals surface area contributed by atoms with Crippen LogP contribution in [0.3, 0.4) is 0 Å². The number of ketones is 1. The number of nitrogens with one attached hydrogen (secondary N) is 1. The lowest BCUT2D eigenvalue weighted by Crippen LogP contribution is -2.57. The van der Waals surface area contributed by atoms with E-state index in [1.165, 1.54) is 6.92 Å². The number of carbonyl (C=O) groups excluding carboxylic acids is 3. The van der Waals surface area contributed by atoms with Crippen molar-refractivity contribution in [2.24, 2.45) is 0 Å². The molecule has 0 spiro atoms. The zero-order valence-corrected chi connectivity index (χ0v) is 14.0. The van der Waals surface area contributed by atoms with Gasteiger partial charge in [-0.1, -0.05) is 18.2 Å². The Labute approximate surface area is 141 Å². The molecule has 1 aromatic carbocycles. The molecule has 0 aliphatic carbocycles. The van der Waals surface area contributed by atoms with E-state index < -0.39 is 0 Å². The second kappa shape index (κ2) is 7.13. The van der Waals surface area contributed by atoms with E-state index in [4.69, 9.17) is 0 Å². The average molecular weight is 329 g/mol. The minimum Gasteiger partial charge on any atom is -0.337 e. The van der Waals surface area contributed by atoms with Gasteiger partial charge in [-0.05, 0) is 25.8 Å². The van der Waals surface area contributed by atoms with Crippen molar-refractivity contribution in [2.75, 3.05) is 32.7 Å². The summed E-state index contributed by atoms with van der Waals surface area (Å²) in [5.74, 6) is -0.123. The molecule has 6 nitrogen and oxygen atoms in total. The molecule has 0 saturated carbocycles. The number of nitrogens with zero attached hydrogens (tertiary/aromatic N) is 2. The van der Waals surface area contributed by atoms with Crippen LogP contribution in [0.4, 0.5) is 0 Å². The van der Waals surface area contributed by atoms with Crippen molar-refractivity contribution in [1.82, 2.24) is 15.1 Å². The number of carbonyl (C=O) groups is 3. The van der Waals surface area contributed by atoms with Crippen LogP contribution in [0.5, 0.6) is 0 Å². The van der Waals surface area contributed by atoms with Gasteiger partial charge < -0.3 is 15.1 Å². The monoisotopic (exact) mass is 329 g/mol. The number of benzene rings is 1. The molecule has 1 aromatic rings. The van der Waals surface area contributed by atoms with Gasteiger partial charge in [0.1, 0.15) is 0 Å². The summed E-state index contributed by atoms with van der Waals surface area (Å²) < 4.78 is 0. The van der Waals surface area contributed by atoms with Crippen molar-refractivity contribution in [2.45, 2.75) is 25.8 Å². The fraction of sp³-hybridized carbons (Fsp3) is 0.500. The van der Waals surface area contributed by atoms with Crippen molar-refractivity contribution < 1.29 is 14.4 Å². The Morgan fingerprint density at radius 2 is 1.92 bits per heavy atom. The smallest absolute Gasteiger partial charge is 0.254 e. The molecule has 0 aromatic heterocycles.